The normalized spacial score (nSPS) is 24.4. The molecule has 2 aliphatic rings. The van der Waals surface area contributed by atoms with E-state index in [9.17, 15) is 14.3 Å². The van der Waals surface area contributed by atoms with E-state index in [-0.39, 0.29) is 29.0 Å². The molecule has 0 bridgehead atoms. The van der Waals surface area contributed by atoms with Gasteiger partial charge in [-0.05, 0) is 37.6 Å². The molecule has 1 amide bonds. The number of nitrogens with zero attached hydrogens (tertiary/aromatic N) is 2. The highest BCUT2D eigenvalue weighted by molar-refractivity contribution is 6.31. The molecular weight excluding hydrogens is 295 g/mol. The van der Waals surface area contributed by atoms with Gasteiger partial charge in [-0.15, -0.1) is 0 Å². The van der Waals surface area contributed by atoms with Gasteiger partial charge < -0.3 is 10.0 Å². The molecule has 0 saturated carbocycles. The molecule has 2 heterocycles. The lowest BCUT2D eigenvalue weighted by molar-refractivity contribution is -0.00774. The summed E-state index contributed by atoms with van der Waals surface area (Å²) in [4.78, 5) is 16.3. The van der Waals surface area contributed by atoms with E-state index >= 15 is 0 Å². The van der Waals surface area contributed by atoms with E-state index < -0.39 is 5.82 Å². The number of benzene rings is 1. The molecule has 1 spiro atoms. The van der Waals surface area contributed by atoms with Crippen molar-refractivity contribution in [3.05, 3.63) is 34.6 Å². The van der Waals surface area contributed by atoms with Crippen LogP contribution in [-0.2, 0) is 0 Å². The molecule has 1 atom stereocenters. The summed E-state index contributed by atoms with van der Waals surface area (Å²) in [5.74, 6) is -0.356. The lowest BCUT2D eigenvalue weighted by Crippen LogP contribution is -2.68. The Morgan fingerprint density at radius 1 is 1.52 bits per heavy atom. The number of carbonyl (C=O) groups is 1. The van der Waals surface area contributed by atoms with Crippen molar-refractivity contribution in [1.82, 2.24) is 9.80 Å². The van der Waals surface area contributed by atoms with Crippen molar-refractivity contribution < 1.29 is 14.3 Å². The zero-order chi connectivity index (χ0) is 15.2. The van der Waals surface area contributed by atoms with Gasteiger partial charge in [-0.2, -0.15) is 0 Å². The van der Waals surface area contributed by atoms with E-state index in [1.54, 1.807) is 4.90 Å². The minimum atomic E-state index is -0.519. The minimum absolute atomic E-state index is 0.00706. The average molecular weight is 313 g/mol. The first-order chi connectivity index (χ1) is 9.95. The maximum Gasteiger partial charge on any atom is 0.254 e. The molecule has 3 rings (SSSR count). The summed E-state index contributed by atoms with van der Waals surface area (Å²) in [5.41, 5.74) is 0.406. The fourth-order valence-corrected chi connectivity index (χ4v) is 3.63. The molecule has 0 aliphatic carbocycles. The fraction of sp³-hybridized carbons (Fsp3) is 0.533. The molecule has 4 nitrogen and oxygen atoms in total. The van der Waals surface area contributed by atoms with Crippen molar-refractivity contribution >= 4 is 17.5 Å². The SMILES string of the molecule is CN1C[C@H](CO)CC12CN(C(=O)c1ccc(F)c(Cl)c1)C2. The molecule has 6 heteroatoms. The van der Waals surface area contributed by atoms with E-state index in [2.05, 4.69) is 4.90 Å². The lowest BCUT2D eigenvalue weighted by Gasteiger charge is -2.52. The van der Waals surface area contributed by atoms with E-state index in [0.717, 1.165) is 13.0 Å². The maximum atomic E-state index is 13.1. The van der Waals surface area contributed by atoms with Crippen LogP contribution in [0.15, 0.2) is 18.2 Å². The summed E-state index contributed by atoms with van der Waals surface area (Å²) in [6.07, 6.45) is 0.911. The number of halogens is 2. The van der Waals surface area contributed by atoms with Crippen molar-refractivity contribution in [1.29, 1.82) is 0 Å². The number of carbonyl (C=O) groups excluding carboxylic acids is 1. The van der Waals surface area contributed by atoms with Gasteiger partial charge in [0.2, 0.25) is 0 Å². The molecule has 1 aromatic carbocycles. The molecule has 2 fully saturated rings. The minimum Gasteiger partial charge on any atom is -0.396 e. The molecule has 2 aliphatic heterocycles. The fourth-order valence-electron chi connectivity index (χ4n) is 3.45. The molecule has 1 N–H and O–H groups in total. The third kappa shape index (κ3) is 2.43. The largest absolute Gasteiger partial charge is 0.396 e. The topological polar surface area (TPSA) is 43.8 Å². The summed E-state index contributed by atoms with van der Waals surface area (Å²) in [6.45, 7) is 2.34. The smallest absolute Gasteiger partial charge is 0.254 e. The zero-order valence-electron chi connectivity index (χ0n) is 11.9. The average Bonchev–Trinajstić information content (AvgIpc) is 2.76. The number of likely N-dealkylation sites (N-methyl/N-ethyl adjacent to an activating group) is 1. The Morgan fingerprint density at radius 3 is 2.81 bits per heavy atom. The lowest BCUT2D eigenvalue weighted by atomic mass is 9.84. The third-order valence-corrected chi connectivity index (χ3v) is 4.98. The second kappa shape index (κ2) is 5.23. The van der Waals surface area contributed by atoms with Crippen LogP contribution < -0.4 is 0 Å². The second-order valence-corrected chi connectivity index (χ2v) is 6.55. The first-order valence-corrected chi connectivity index (χ1v) is 7.39. The molecular formula is C15H18ClFN2O2. The quantitative estimate of drug-likeness (QED) is 0.902. The van der Waals surface area contributed by atoms with E-state index in [1.807, 2.05) is 7.05 Å². The molecule has 2 saturated heterocycles. The molecule has 21 heavy (non-hydrogen) atoms. The zero-order valence-corrected chi connectivity index (χ0v) is 12.6. The predicted molar refractivity (Wildman–Crippen MR) is 77.9 cm³/mol. The summed E-state index contributed by atoms with van der Waals surface area (Å²) in [6, 6.07) is 4.05. The summed E-state index contributed by atoms with van der Waals surface area (Å²) in [5, 5.41) is 9.25. The van der Waals surface area contributed by atoms with Crippen LogP contribution in [0.4, 0.5) is 4.39 Å². The number of likely N-dealkylation sites (tertiary alicyclic amines) is 2. The van der Waals surface area contributed by atoms with Crippen LogP contribution in [0, 0.1) is 11.7 Å². The first kappa shape index (κ1) is 14.8. The van der Waals surface area contributed by atoms with Crippen LogP contribution in [0.5, 0.6) is 0 Å². The van der Waals surface area contributed by atoms with Gasteiger partial charge in [-0.1, -0.05) is 11.6 Å². The Morgan fingerprint density at radius 2 is 2.24 bits per heavy atom. The number of rotatable bonds is 2. The van der Waals surface area contributed by atoms with Crippen LogP contribution in [0.25, 0.3) is 0 Å². The van der Waals surface area contributed by atoms with Crippen LogP contribution >= 0.6 is 11.6 Å². The molecule has 0 unspecified atom stereocenters. The van der Waals surface area contributed by atoms with Crippen molar-refractivity contribution in [2.24, 2.45) is 5.92 Å². The predicted octanol–water partition coefficient (Wildman–Crippen LogP) is 1.62. The van der Waals surface area contributed by atoms with Crippen LogP contribution in [0.2, 0.25) is 5.02 Å². The number of hydrogen-bond acceptors (Lipinski definition) is 3. The van der Waals surface area contributed by atoms with E-state index in [0.29, 0.717) is 18.7 Å². The second-order valence-electron chi connectivity index (χ2n) is 6.15. The van der Waals surface area contributed by atoms with Gasteiger partial charge in [-0.25, -0.2) is 4.39 Å². The molecule has 0 radical (unpaired) electrons. The van der Waals surface area contributed by atoms with E-state index in [1.165, 1.54) is 18.2 Å². The Hall–Kier alpha value is -1.17. The van der Waals surface area contributed by atoms with Crippen LogP contribution in [0.1, 0.15) is 16.8 Å². The van der Waals surface area contributed by atoms with Gasteiger partial charge in [-0.3, -0.25) is 9.69 Å². The van der Waals surface area contributed by atoms with Gasteiger partial charge in [0.15, 0.2) is 0 Å². The van der Waals surface area contributed by atoms with Crippen LogP contribution in [-0.4, -0.2) is 59.6 Å². The number of aliphatic hydroxyl groups is 1. The maximum absolute atomic E-state index is 13.1. The highest BCUT2D eigenvalue weighted by atomic mass is 35.5. The van der Waals surface area contributed by atoms with Crippen molar-refractivity contribution in [2.45, 2.75) is 12.0 Å². The summed E-state index contributed by atoms with van der Waals surface area (Å²) in [7, 11) is 2.03. The monoisotopic (exact) mass is 312 g/mol. The standard InChI is InChI=1S/C15H18ClFN2O2/c1-18-6-10(7-20)5-15(18)8-19(9-15)14(21)11-2-3-13(17)12(16)4-11/h2-4,10,20H,5-9H2,1H3/t10-/m1/s1. The third-order valence-electron chi connectivity index (χ3n) is 4.69. The van der Waals surface area contributed by atoms with Gasteiger partial charge in [0, 0.05) is 31.8 Å². The molecule has 0 aromatic heterocycles. The summed E-state index contributed by atoms with van der Waals surface area (Å²) < 4.78 is 13.1. The Bertz CT molecular complexity index is 575. The Balaban J connectivity index is 1.68. The highest BCUT2D eigenvalue weighted by Crippen LogP contribution is 2.39. The Kier molecular flexibility index (Phi) is 3.67. The van der Waals surface area contributed by atoms with Crippen molar-refractivity contribution in [3.63, 3.8) is 0 Å². The van der Waals surface area contributed by atoms with Gasteiger partial charge in [0.05, 0.1) is 10.6 Å². The number of aliphatic hydroxyl groups excluding tert-OH is 1. The Labute approximate surface area is 128 Å². The first-order valence-electron chi connectivity index (χ1n) is 7.01. The van der Waals surface area contributed by atoms with Crippen molar-refractivity contribution in [3.8, 4) is 0 Å². The highest BCUT2D eigenvalue weighted by Gasteiger charge is 2.52. The summed E-state index contributed by atoms with van der Waals surface area (Å²) >= 11 is 5.72. The van der Waals surface area contributed by atoms with Crippen molar-refractivity contribution in [2.75, 3.05) is 33.3 Å². The number of amides is 1. The molecule has 1 aromatic rings. The van der Waals surface area contributed by atoms with Gasteiger partial charge >= 0.3 is 0 Å². The van der Waals surface area contributed by atoms with E-state index in [4.69, 9.17) is 11.6 Å². The molecule has 114 valence electrons. The number of hydrogen-bond donors (Lipinski definition) is 1. The van der Waals surface area contributed by atoms with Crippen LogP contribution in [0.3, 0.4) is 0 Å². The van der Waals surface area contributed by atoms with Gasteiger partial charge in [0.1, 0.15) is 5.82 Å². The van der Waals surface area contributed by atoms with Gasteiger partial charge in [0.25, 0.3) is 5.91 Å².